The van der Waals surface area contributed by atoms with Crippen molar-refractivity contribution in [3.63, 3.8) is 0 Å². The van der Waals surface area contributed by atoms with Gasteiger partial charge in [-0.3, -0.25) is 0 Å². The molecular weight excluding hydrogens is 242 g/mol. The maximum Gasteiger partial charge on any atom is 0.410 e. The average molecular weight is 271 g/mol. The van der Waals surface area contributed by atoms with E-state index in [0.29, 0.717) is 0 Å². The number of nitrogens with one attached hydrogen (secondary N) is 1. The van der Waals surface area contributed by atoms with Crippen molar-refractivity contribution >= 4 is 6.09 Å². The van der Waals surface area contributed by atoms with Gasteiger partial charge in [0.05, 0.1) is 0 Å². The number of piperazine rings is 1. The fourth-order valence-electron chi connectivity index (χ4n) is 2.05. The van der Waals surface area contributed by atoms with E-state index in [9.17, 15) is 4.79 Å². The summed E-state index contributed by atoms with van der Waals surface area (Å²) in [6, 6.07) is 0. The molecule has 5 nitrogen and oxygen atoms in total. The van der Waals surface area contributed by atoms with Crippen LogP contribution in [-0.2, 0) is 4.74 Å². The first-order valence-corrected chi connectivity index (χ1v) is 7.26. The molecule has 0 bridgehead atoms. The lowest BCUT2D eigenvalue weighted by Gasteiger charge is -2.27. The zero-order chi connectivity index (χ0) is 14.3. The Hall–Kier alpha value is -0.810. The van der Waals surface area contributed by atoms with E-state index in [-0.39, 0.29) is 6.09 Å². The summed E-state index contributed by atoms with van der Waals surface area (Å²) in [5, 5.41) is 3.35. The molecule has 1 aliphatic heterocycles. The number of hydrogen-bond donors (Lipinski definition) is 1. The Morgan fingerprint density at radius 1 is 1.26 bits per heavy atom. The standard InChI is InChI=1S/C14H29N3O2/c1-14(2,3)19-13(18)16(4)9-5-6-10-17-11-7-15-8-12-17/h15H,5-12H2,1-4H3. The lowest BCUT2D eigenvalue weighted by atomic mass is 10.2. The second kappa shape index (κ2) is 7.70. The number of carbonyl (C=O) groups is 1. The van der Waals surface area contributed by atoms with E-state index in [1.807, 2.05) is 20.8 Å². The molecule has 0 aliphatic carbocycles. The normalized spacial score (nSPS) is 17.3. The van der Waals surface area contributed by atoms with E-state index in [4.69, 9.17) is 4.74 Å². The predicted octanol–water partition coefficient (Wildman–Crippen LogP) is 1.54. The minimum atomic E-state index is -0.411. The zero-order valence-electron chi connectivity index (χ0n) is 12.9. The highest BCUT2D eigenvalue weighted by Gasteiger charge is 2.19. The van der Waals surface area contributed by atoms with Gasteiger partial charge in [-0.25, -0.2) is 4.79 Å². The first-order chi connectivity index (χ1) is 8.88. The molecular formula is C14H29N3O2. The summed E-state index contributed by atoms with van der Waals surface area (Å²) >= 11 is 0. The second-order valence-electron chi connectivity index (χ2n) is 6.20. The summed E-state index contributed by atoms with van der Waals surface area (Å²) in [4.78, 5) is 15.9. The number of carbonyl (C=O) groups excluding carboxylic acids is 1. The van der Waals surface area contributed by atoms with Gasteiger partial charge in [-0.05, 0) is 40.2 Å². The Bertz CT molecular complexity index is 270. The van der Waals surface area contributed by atoms with Crippen molar-refractivity contribution < 1.29 is 9.53 Å². The molecule has 112 valence electrons. The van der Waals surface area contributed by atoms with Crippen molar-refractivity contribution in [2.24, 2.45) is 0 Å². The molecule has 1 N–H and O–H groups in total. The Morgan fingerprint density at radius 3 is 2.47 bits per heavy atom. The number of unbranched alkanes of at least 4 members (excludes halogenated alkanes) is 1. The summed E-state index contributed by atoms with van der Waals surface area (Å²) in [6.45, 7) is 12.0. The molecule has 0 atom stereocenters. The maximum atomic E-state index is 11.7. The molecule has 1 saturated heterocycles. The highest BCUT2D eigenvalue weighted by molar-refractivity contribution is 5.67. The Labute approximate surface area is 117 Å². The third-order valence-electron chi connectivity index (χ3n) is 3.13. The summed E-state index contributed by atoms with van der Waals surface area (Å²) in [5.41, 5.74) is -0.411. The summed E-state index contributed by atoms with van der Waals surface area (Å²) in [6.07, 6.45) is 1.93. The van der Waals surface area contributed by atoms with Crippen molar-refractivity contribution in [1.29, 1.82) is 0 Å². The van der Waals surface area contributed by atoms with E-state index >= 15 is 0 Å². The molecule has 1 heterocycles. The minimum Gasteiger partial charge on any atom is -0.444 e. The van der Waals surface area contributed by atoms with Crippen LogP contribution in [0.3, 0.4) is 0 Å². The summed E-state index contributed by atoms with van der Waals surface area (Å²) in [5.74, 6) is 0. The smallest absolute Gasteiger partial charge is 0.410 e. The van der Waals surface area contributed by atoms with E-state index in [1.165, 1.54) is 0 Å². The van der Waals surface area contributed by atoms with Crippen LogP contribution in [0, 0.1) is 0 Å². The Morgan fingerprint density at radius 2 is 1.89 bits per heavy atom. The molecule has 0 aromatic carbocycles. The number of nitrogens with zero attached hydrogens (tertiary/aromatic N) is 2. The highest BCUT2D eigenvalue weighted by Crippen LogP contribution is 2.09. The number of rotatable bonds is 5. The van der Waals surface area contributed by atoms with Crippen LogP contribution in [-0.4, -0.2) is 67.8 Å². The van der Waals surface area contributed by atoms with Crippen molar-refractivity contribution in [3.8, 4) is 0 Å². The monoisotopic (exact) mass is 271 g/mol. The molecule has 0 aromatic rings. The molecule has 0 radical (unpaired) electrons. The third kappa shape index (κ3) is 7.38. The fraction of sp³-hybridized carbons (Fsp3) is 0.929. The first kappa shape index (κ1) is 16.2. The van der Waals surface area contributed by atoms with Gasteiger partial charge in [0.15, 0.2) is 0 Å². The van der Waals surface area contributed by atoms with E-state index < -0.39 is 5.60 Å². The van der Waals surface area contributed by atoms with Crippen LogP contribution < -0.4 is 5.32 Å². The summed E-state index contributed by atoms with van der Waals surface area (Å²) < 4.78 is 5.31. The molecule has 1 aliphatic rings. The quantitative estimate of drug-likeness (QED) is 0.770. The number of ether oxygens (including phenoxy) is 1. The maximum absolute atomic E-state index is 11.7. The van der Waals surface area contributed by atoms with Gasteiger partial charge < -0.3 is 19.9 Å². The molecule has 0 unspecified atom stereocenters. The molecule has 1 amide bonds. The molecule has 0 spiro atoms. The van der Waals surface area contributed by atoms with Crippen LogP contribution in [0.4, 0.5) is 4.79 Å². The van der Waals surface area contributed by atoms with Gasteiger partial charge in [-0.2, -0.15) is 0 Å². The first-order valence-electron chi connectivity index (χ1n) is 7.26. The van der Waals surface area contributed by atoms with Gasteiger partial charge in [-0.15, -0.1) is 0 Å². The summed E-state index contributed by atoms with van der Waals surface area (Å²) in [7, 11) is 1.80. The van der Waals surface area contributed by atoms with Crippen LogP contribution in [0.25, 0.3) is 0 Å². The van der Waals surface area contributed by atoms with Crippen molar-refractivity contribution in [1.82, 2.24) is 15.1 Å². The molecule has 19 heavy (non-hydrogen) atoms. The van der Waals surface area contributed by atoms with Gasteiger partial charge in [0.25, 0.3) is 0 Å². The number of hydrogen-bond acceptors (Lipinski definition) is 4. The highest BCUT2D eigenvalue weighted by atomic mass is 16.6. The van der Waals surface area contributed by atoms with Gasteiger partial charge in [0, 0.05) is 39.8 Å². The molecule has 0 saturated carbocycles. The van der Waals surface area contributed by atoms with Gasteiger partial charge in [0.2, 0.25) is 0 Å². The van der Waals surface area contributed by atoms with Crippen molar-refractivity contribution in [2.45, 2.75) is 39.2 Å². The van der Waals surface area contributed by atoms with E-state index in [0.717, 1.165) is 52.1 Å². The van der Waals surface area contributed by atoms with Gasteiger partial charge >= 0.3 is 6.09 Å². The molecule has 5 heteroatoms. The largest absolute Gasteiger partial charge is 0.444 e. The zero-order valence-corrected chi connectivity index (χ0v) is 12.9. The van der Waals surface area contributed by atoms with Crippen LogP contribution in [0.1, 0.15) is 33.6 Å². The van der Waals surface area contributed by atoms with Crippen molar-refractivity contribution in [2.75, 3.05) is 46.3 Å². The van der Waals surface area contributed by atoms with Crippen LogP contribution in [0.2, 0.25) is 0 Å². The van der Waals surface area contributed by atoms with Crippen LogP contribution in [0.5, 0.6) is 0 Å². The van der Waals surface area contributed by atoms with E-state index in [2.05, 4.69) is 10.2 Å². The van der Waals surface area contributed by atoms with Gasteiger partial charge in [0.1, 0.15) is 5.60 Å². The third-order valence-corrected chi connectivity index (χ3v) is 3.13. The van der Waals surface area contributed by atoms with Crippen LogP contribution >= 0.6 is 0 Å². The fourth-order valence-corrected chi connectivity index (χ4v) is 2.05. The molecule has 0 aromatic heterocycles. The Balaban J connectivity index is 2.09. The Kier molecular flexibility index (Phi) is 6.58. The predicted molar refractivity (Wildman–Crippen MR) is 77.4 cm³/mol. The van der Waals surface area contributed by atoms with Crippen molar-refractivity contribution in [3.05, 3.63) is 0 Å². The number of amides is 1. The van der Waals surface area contributed by atoms with Gasteiger partial charge in [-0.1, -0.05) is 0 Å². The lowest BCUT2D eigenvalue weighted by molar-refractivity contribution is 0.0295. The SMILES string of the molecule is CN(CCCCN1CCNCC1)C(=O)OC(C)(C)C. The van der Waals surface area contributed by atoms with Crippen LogP contribution in [0.15, 0.2) is 0 Å². The van der Waals surface area contributed by atoms with E-state index in [1.54, 1.807) is 11.9 Å². The topological polar surface area (TPSA) is 44.8 Å². The molecule has 1 rings (SSSR count). The molecule has 1 fully saturated rings. The lowest BCUT2D eigenvalue weighted by Crippen LogP contribution is -2.43. The average Bonchev–Trinajstić information content (AvgIpc) is 2.33. The second-order valence-corrected chi connectivity index (χ2v) is 6.20. The minimum absolute atomic E-state index is 0.227.